The van der Waals surface area contributed by atoms with Crippen molar-refractivity contribution in [1.29, 1.82) is 0 Å². The molecule has 2 rings (SSSR count). The Labute approximate surface area is 106 Å². The fraction of sp³-hybridized carbons (Fsp3) is 0.750. The van der Waals surface area contributed by atoms with Crippen molar-refractivity contribution in [3.8, 4) is 0 Å². The van der Waals surface area contributed by atoms with Gasteiger partial charge in [0, 0.05) is 7.11 Å². The van der Waals surface area contributed by atoms with Gasteiger partial charge in [-0.1, -0.05) is 32.1 Å². The van der Waals surface area contributed by atoms with Gasteiger partial charge in [-0.25, -0.2) is 0 Å². The van der Waals surface area contributed by atoms with Gasteiger partial charge in [0.15, 0.2) is 0 Å². The second kappa shape index (κ2) is 4.61. The molecule has 4 atom stereocenters. The molecule has 0 unspecified atom stereocenters. The monoisotopic (exact) mass is 234 g/mol. The maximum Gasteiger partial charge on any atom is 0.0602 e. The van der Waals surface area contributed by atoms with E-state index in [2.05, 4.69) is 33.4 Å². The zero-order chi connectivity index (χ0) is 12.6. The van der Waals surface area contributed by atoms with E-state index in [0.29, 0.717) is 23.4 Å². The Morgan fingerprint density at radius 3 is 2.76 bits per heavy atom. The molecule has 2 aliphatic carbocycles. The van der Waals surface area contributed by atoms with Gasteiger partial charge in [-0.2, -0.15) is 0 Å². The van der Waals surface area contributed by atoms with Gasteiger partial charge >= 0.3 is 0 Å². The number of ether oxygens (including phenoxy) is 1. The Kier molecular flexibility index (Phi) is 3.49. The van der Waals surface area contributed by atoms with E-state index in [-0.39, 0.29) is 0 Å². The smallest absolute Gasteiger partial charge is 0.0602 e. The summed E-state index contributed by atoms with van der Waals surface area (Å²) in [6, 6.07) is 0. The van der Waals surface area contributed by atoms with Crippen LogP contribution in [0.3, 0.4) is 0 Å². The molecule has 0 aromatic carbocycles. The van der Waals surface area contributed by atoms with Gasteiger partial charge in [0.25, 0.3) is 0 Å². The zero-order valence-electron chi connectivity index (χ0n) is 11.8. The Hall–Kier alpha value is -0.560. The Balaban J connectivity index is 2.28. The molecular weight excluding hydrogens is 208 g/mol. The molecule has 0 aliphatic heterocycles. The number of rotatable bonds is 2. The summed E-state index contributed by atoms with van der Waals surface area (Å²) in [4.78, 5) is 0. The first kappa shape index (κ1) is 12.9. The standard InChI is InChI=1S/C16H26O/c1-11(2)13-6-8-16(4)9-7-15(17-5)12(3)14(16)10-13/h10,12,14-15H,1,6-9H2,2-5H3/t12-,14-,15-,16+/m1/s1. The van der Waals surface area contributed by atoms with Gasteiger partial charge in [-0.3, -0.25) is 0 Å². The van der Waals surface area contributed by atoms with Crippen LogP contribution in [0.4, 0.5) is 0 Å². The van der Waals surface area contributed by atoms with Crippen LogP contribution in [0.2, 0.25) is 0 Å². The molecule has 0 amide bonds. The summed E-state index contributed by atoms with van der Waals surface area (Å²) in [5.41, 5.74) is 3.22. The highest BCUT2D eigenvalue weighted by Crippen LogP contribution is 2.52. The molecule has 0 bridgehead atoms. The van der Waals surface area contributed by atoms with Crippen LogP contribution in [-0.4, -0.2) is 13.2 Å². The van der Waals surface area contributed by atoms with E-state index in [0.717, 1.165) is 0 Å². The average Bonchev–Trinajstić information content (AvgIpc) is 2.29. The molecule has 17 heavy (non-hydrogen) atoms. The molecule has 0 aromatic heterocycles. The first-order valence-corrected chi connectivity index (χ1v) is 6.87. The van der Waals surface area contributed by atoms with Gasteiger partial charge in [-0.15, -0.1) is 0 Å². The number of hydrogen-bond acceptors (Lipinski definition) is 1. The highest BCUT2D eigenvalue weighted by atomic mass is 16.5. The third-order valence-electron chi connectivity index (χ3n) is 5.15. The summed E-state index contributed by atoms with van der Waals surface area (Å²) in [6.45, 7) is 11.1. The number of hydrogen-bond donors (Lipinski definition) is 0. The van der Waals surface area contributed by atoms with Crippen molar-refractivity contribution in [3.05, 3.63) is 23.8 Å². The zero-order valence-corrected chi connectivity index (χ0v) is 11.8. The molecule has 0 heterocycles. The lowest BCUT2D eigenvalue weighted by Crippen LogP contribution is -2.44. The Morgan fingerprint density at radius 1 is 1.47 bits per heavy atom. The van der Waals surface area contributed by atoms with Crippen LogP contribution >= 0.6 is 0 Å². The minimum absolute atomic E-state index is 0.439. The summed E-state index contributed by atoms with van der Waals surface area (Å²) in [6.07, 6.45) is 8.00. The fourth-order valence-electron chi connectivity index (χ4n) is 3.82. The molecular formula is C16H26O. The number of fused-ring (bicyclic) bond motifs is 1. The molecule has 0 radical (unpaired) electrons. The van der Waals surface area contributed by atoms with E-state index in [1.807, 2.05) is 7.11 Å². The SMILES string of the molecule is C=C(C)C1=C[C@@H]2[C@@H](C)[C@H](OC)CC[C@]2(C)CC1. The topological polar surface area (TPSA) is 9.23 Å². The predicted octanol–water partition coefficient (Wildman–Crippen LogP) is 4.35. The van der Waals surface area contributed by atoms with E-state index < -0.39 is 0 Å². The van der Waals surface area contributed by atoms with Crippen LogP contribution in [0.5, 0.6) is 0 Å². The second-order valence-electron chi connectivity index (χ2n) is 6.32. The van der Waals surface area contributed by atoms with Crippen molar-refractivity contribution in [2.24, 2.45) is 17.3 Å². The van der Waals surface area contributed by atoms with Crippen molar-refractivity contribution >= 4 is 0 Å². The van der Waals surface area contributed by atoms with Crippen LogP contribution in [0.1, 0.15) is 46.5 Å². The van der Waals surface area contributed by atoms with Crippen molar-refractivity contribution in [3.63, 3.8) is 0 Å². The van der Waals surface area contributed by atoms with Gasteiger partial charge in [0.1, 0.15) is 0 Å². The molecule has 0 N–H and O–H groups in total. The van der Waals surface area contributed by atoms with E-state index >= 15 is 0 Å². The van der Waals surface area contributed by atoms with Gasteiger partial charge in [0.2, 0.25) is 0 Å². The van der Waals surface area contributed by atoms with Crippen LogP contribution in [-0.2, 0) is 4.74 Å². The second-order valence-corrected chi connectivity index (χ2v) is 6.32. The molecule has 0 aromatic rings. The molecule has 1 fully saturated rings. The minimum atomic E-state index is 0.439. The molecule has 96 valence electrons. The Bertz CT molecular complexity index is 341. The maximum atomic E-state index is 5.64. The molecule has 2 aliphatic rings. The van der Waals surface area contributed by atoms with E-state index in [9.17, 15) is 0 Å². The first-order chi connectivity index (χ1) is 7.98. The maximum absolute atomic E-state index is 5.64. The lowest BCUT2D eigenvalue weighted by atomic mass is 9.57. The molecule has 1 saturated carbocycles. The summed E-state index contributed by atoms with van der Waals surface area (Å²) in [5.74, 6) is 1.30. The summed E-state index contributed by atoms with van der Waals surface area (Å²) >= 11 is 0. The number of methoxy groups -OCH3 is 1. The van der Waals surface area contributed by atoms with E-state index in [1.54, 1.807) is 0 Å². The van der Waals surface area contributed by atoms with Gasteiger partial charge in [0.05, 0.1) is 6.10 Å². The van der Waals surface area contributed by atoms with Crippen molar-refractivity contribution in [2.45, 2.75) is 52.6 Å². The molecule has 1 heteroatoms. The highest BCUT2D eigenvalue weighted by molar-refractivity contribution is 5.30. The summed E-state index contributed by atoms with van der Waals surface area (Å²) < 4.78 is 5.64. The molecule has 0 spiro atoms. The Morgan fingerprint density at radius 2 is 2.18 bits per heavy atom. The first-order valence-electron chi connectivity index (χ1n) is 6.87. The normalized spacial score (nSPS) is 41.6. The van der Waals surface area contributed by atoms with E-state index in [1.165, 1.54) is 36.8 Å². The predicted molar refractivity (Wildman–Crippen MR) is 72.9 cm³/mol. The van der Waals surface area contributed by atoms with Crippen molar-refractivity contribution < 1.29 is 4.74 Å². The van der Waals surface area contributed by atoms with E-state index in [4.69, 9.17) is 4.74 Å². The van der Waals surface area contributed by atoms with Crippen molar-refractivity contribution in [2.75, 3.05) is 7.11 Å². The summed E-state index contributed by atoms with van der Waals surface area (Å²) in [5, 5.41) is 0. The number of allylic oxidation sites excluding steroid dienone is 3. The van der Waals surface area contributed by atoms with Crippen LogP contribution in [0, 0.1) is 17.3 Å². The van der Waals surface area contributed by atoms with Crippen LogP contribution in [0.15, 0.2) is 23.8 Å². The van der Waals surface area contributed by atoms with Gasteiger partial charge < -0.3 is 4.74 Å². The highest BCUT2D eigenvalue weighted by Gasteiger charge is 2.45. The summed E-state index contributed by atoms with van der Waals surface area (Å²) in [7, 11) is 1.86. The lowest BCUT2D eigenvalue weighted by Gasteiger charge is -2.50. The lowest BCUT2D eigenvalue weighted by molar-refractivity contribution is -0.0439. The third kappa shape index (κ3) is 2.22. The minimum Gasteiger partial charge on any atom is -0.381 e. The third-order valence-corrected chi connectivity index (χ3v) is 5.15. The van der Waals surface area contributed by atoms with Crippen LogP contribution in [0.25, 0.3) is 0 Å². The van der Waals surface area contributed by atoms with Crippen molar-refractivity contribution in [1.82, 2.24) is 0 Å². The fourth-order valence-corrected chi connectivity index (χ4v) is 3.82. The quantitative estimate of drug-likeness (QED) is 0.690. The molecule has 0 saturated heterocycles. The largest absolute Gasteiger partial charge is 0.381 e. The van der Waals surface area contributed by atoms with Gasteiger partial charge in [-0.05, 0) is 55.4 Å². The average molecular weight is 234 g/mol. The van der Waals surface area contributed by atoms with Crippen LogP contribution < -0.4 is 0 Å². The molecule has 1 nitrogen and oxygen atoms in total.